The Bertz CT molecular complexity index is 1170. The molecule has 2 aliphatic rings. The molecule has 182 valence electrons. The number of nitrogens with zero attached hydrogens (tertiary/aromatic N) is 1. The summed E-state index contributed by atoms with van der Waals surface area (Å²) in [7, 11) is 1.66. The van der Waals surface area contributed by atoms with Crippen LogP contribution in [0.5, 0.6) is 11.5 Å². The first kappa shape index (κ1) is 24.4. The topological polar surface area (TPSA) is 102 Å². The van der Waals surface area contributed by atoms with Crippen LogP contribution < -0.4 is 20.5 Å². The standard InChI is InChI=1S/C26H32N4O3.ClH/c1-15-23(26(31)30-18-7-5-17(27)6-8-18)25-24(29-15)20(11-12-28-25)21-13-19(32-2)9-10-22(21)33-14-16-3-4-16;/h9-13,16-18,29H,3-8,14,27H2,1-2H3,(H,30,31);1H/t17-,18-;. The summed E-state index contributed by atoms with van der Waals surface area (Å²) in [5.74, 6) is 2.13. The molecule has 34 heavy (non-hydrogen) atoms. The van der Waals surface area contributed by atoms with E-state index in [9.17, 15) is 4.79 Å². The van der Waals surface area contributed by atoms with Crippen LogP contribution in [0.4, 0.5) is 0 Å². The van der Waals surface area contributed by atoms with Crippen LogP contribution >= 0.6 is 12.4 Å². The van der Waals surface area contributed by atoms with Crippen molar-refractivity contribution in [3.05, 3.63) is 41.7 Å². The predicted octanol–water partition coefficient (Wildman–Crippen LogP) is 4.76. The monoisotopic (exact) mass is 484 g/mol. The number of aromatic amines is 1. The highest BCUT2D eigenvalue weighted by molar-refractivity contribution is 6.09. The molecule has 4 N–H and O–H groups in total. The van der Waals surface area contributed by atoms with Gasteiger partial charge < -0.3 is 25.5 Å². The number of carbonyl (C=O) groups is 1. The molecule has 8 heteroatoms. The van der Waals surface area contributed by atoms with Crippen LogP contribution in [0.2, 0.25) is 0 Å². The zero-order valence-electron chi connectivity index (χ0n) is 19.7. The van der Waals surface area contributed by atoms with Crippen LogP contribution in [0.25, 0.3) is 22.2 Å². The number of H-pyrrole nitrogens is 1. The molecule has 0 saturated heterocycles. The lowest BCUT2D eigenvalue weighted by Gasteiger charge is -2.26. The van der Waals surface area contributed by atoms with E-state index in [4.69, 9.17) is 15.2 Å². The van der Waals surface area contributed by atoms with E-state index in [0.29, 0.717) is 17.0 Å². The Morgan fingerprint density at radius 3 is 2.62 bits per heavy atom. The third-order valence-corrected chi connectivity index (χ3v) is 6.86. The molecule has 1 amide bonds. The molecule has 0 atom stereocenters. The Labute approximate surface area is 206 Å². The van der Waals surface area contributed by atoms with Gasteiger partial charge in [0.2, 0.25) is 0 Å². The number of rotatable bonds is 7. The summed E-state index contributed by atoms with van der Waals surface area (Å²) in [6.07, 6.45) is 7.93. The zero-order chi connectivity index (χ0) is 22.9. The highest BCUT2D eigenvalue weighted by Crippen LogP contribution is 2.39. The molecule has 2 fully saturated rings. The lowest BCUT2D eigenvalue weighted by Crippen LogP contribution is -2.40. The average molecular weight is 485 g/mol. The molecule has 5 rings (SSSR count). The smallest absolute Gasteiger partial charge is 0.255 e. The number of carbonyl (C=O) groups excluding carboxylic acids is 1. The largest absolute Gasteiger partial charge is 0.497 e. The predicted molar refractivity (Wildman–Crippen MR) is 136 cm³/mol. The zero-order valence-corrected chi connectivity index (χ0v) is 20.5. The summed E-state index contributed by atoms with van der Waals surface area (Å²) in [6.45, 7) is 2.64. The SMILES string of the molecule is COc1ccc(OCC2CC2)c(-c2ccnc3c(C(=O)N[C@H]4CC[C@H](N)CC4)c(C)[nH]c23)c1.Cl. The maximum Gasteiger partial charge on any atom is 0.255 e. The normalized spacial score (nSPS) is 20.0. The van der Waals surface area contributed by atoms with Gasteiger partial charge in [0.25, 0.3) is 5.91 Å². The highest BCUT2D eigenvalue weighted by Gasteiger charge is 2.26. The molecular formula is C26H33ClN4O3. The van der Waals surface area contributed by atoms with E-state index >= 15 is 0 Å². The number of nitrogens with one attached hydrogen (secondary N) is 2. The van der Waals surface area contributed by atoms with Crippen LogP contribution in [-0.4, -0.2) is 41.7 Å². The van der Waals surface area contributed by atoms with Crippen molar-refractivity contribution in [1.29, 1.82) is 0 Å². The second-order valence-corrected chi connectivity index (χ2v) is 9.41. The van der Waals surface area contributed by atoms with E-state index in [2.05, 4.69) is 15.3 Å². The van der Waals surface area contributed by atoms with E-state index in [0.717, 1.165) is 66.1 Å². The lowest BCUT2D eigenvalue weighted by atomic mass is 9.91. The fourth-order valence-corrected chi connectivity index (χ4v) is 4.69. The number of hydrogen-bond acceptors (Lipinski definition) is 5. The molecule has 0 aliphatic heterocycles. The first-order valence-electron chi connectivity index (χ1n) is 11.9. The van der Waals surface area contributed by atoms with Crippen LogP contribution in [0.1, 0.15) is 54.6 Å². The first-order chi connectivity index (χ1) is 16.0. The molecule has 2 aliphatic carbocycles. The Morgan fingerprint density at radius 1 is 1.15 bits per heavy atom. The Kier molecular flexibility index (Phi) is 7.33. The number of pyridine rings is 1. The maximum atomic E-state index is 13.2. The first-order valence-corrected chi connectivity index (χ1v) is 11.9. The molecule has 0 unspecified atom stereocenters. The number of aromatic nitrogens is 2. The van der Waals surface area contributed by atoms with Crippen molar-refractivity contribution in [3.63, 3.8) is 0 Å². The summed E-state index contributed by atoms with van der Waals surface area (Å²) < 4.78 is 11.7. The van der Waals surface area contributed by atoms with Gasteiger partial charge in [0.05, 0.1) is 24.8 Å². The van der Waals surface area contributed by atoms with Crippen LogP contribution in [0, 0.1) is 12.8 Å². The summed E-state index contributed by atoms with van der Waals surface area (Å²) in [6, 6.07) is 8.22. The van der Waals surface area contributed by atoms with Crippen LogP contribution in [0.15, 0.2) is 30.5 Å². The van der Waals surface area contributed by atoms with E-state index in [1.54, 1.807) is 13.3 Å². The van der Waals surface area contributed by atoms with Gasteiger partial charge in [0.1, 0.15) is 17.0 Å². The van der Waals surface area contributed by atoms with Crippen molar-refractivity contribution < 1.29 is 14.3 Å². The van der Waals surface area contributed by atoms with E-state index < -0.39 is 0 Å². The van der Waals surface area contributed by atoms with Crippen molar-refractivity contribution in [2.75, 3.05) is 13.7 Å². The van der Waals surface area contributed by atoms with E-state index in [-0.39, 0.29) is 30.4 Å². The van der Waals surface area contributed by atoms with Gasteiger partial charge in [-0.05, 0) is 75.6 Å². The number of hydrogen-bond donors (Lipinski definition) is 3. The number of fused-ring (bicyclic) bond motifs is 1. The number of amides is 1. The number of aryl methyl sites for hydroxylation is 1. The van der Waals surface area contributed by atoms with Gasteiger partial charge in [-0.25, -0.2) is 0 Å². The number of nitrogens with two attached hydrogens (primary N) is 1. The molecule has 0 spiro atoms. The molecule has 2 aromatic heterocycles. The number of methoxy groups -OCH3 is 1. The van der Waals surface area contributed by atoms with Crippen molar-refractivity contribution in [2.24, 2.45) is 11.7 Å². The van der Waals surface area contributed by atoms with Gasteiger partial charge >= 0.3 is 0 Å². The molecule has 3 aromatic rings. The minimum Gasteiger partial charge on any atom is -0.497 e. The maximum absolute atomic E-state index is 13.2. The van der Waals surface area contributed by atoms with Gasteiger partial charge in [-0.15, -0.1) is 12.4 Å². The van der Waals surface area contributed by atoms with Gasteiger partial charge in [-0.3, -0.25) is 9.78 Å². The van der Waals surface area contributed by atoms with Gasteiger partial charge in [0.15, 0.2) is 0 Å². The van der Waals surface area contributed by atoms with E-state index in [1.165, 1.54) is 12.8 Å². The molecule has 7 nitrogen and oxygen atoms in total. The molecule has 0 bridgehead atoms. The highest BCUT2D eigenvalue weighted by atomic mass is 35.5. The molecule has 0 radical (unpaired) electrons. The second kappa shape index (κ2) is 10.2. The molecule has 2 heterocycles. The Hall–Kier alpha value is -2.77. The number of benzene rings is 1. The van der Waals surface area contributed by atoms with Crippen molar-refractivity contribution in [1.82, 2.24) is 15.3 Å². The minimum atomic E-state index is -0.0836. The average Bonchev–Trinajstić information content (AvgIpc) is 3.58. The van der Waals surface area contributed by atoms with Crippen LogP contribution in [0.3, 0.4) is 0 Å². The number of halogens is 1. The van der Waals surface area contributed by atoms with Crippen molar-refractivity contribution in [2.45, 2.75) is 57.5 Å². The molecule has 2 saturated carbocycles. The Balaban J connectivity index is 0.00000274. The summed E-state index contributed by atoms with van der Waals surface area (Å²) in [5, 5.41) is 3.20. The van der Waals surface area contributed by atoms with Gasteiger partial charge in [0, 0.05) is 35.1 Å². The Morgan fingerprint density at radius 2 is 1.91 bits per heavy atom. The summed E-state index contributed by atoms with van der Waals surface area (Å²) in [5.41, 5.74) is 10.8. The lowest BCUT2D eigenvalue weighted by molar-refractivity contribution is 0.0927. The van der Waals surface area contributed by atoms with Crippen LogP contribution in [-0.2, 0) is 0 Å². The summed E-state index contributed by atoms with van der Waals surface area (Å²) in [4.78, 5) is 21.3. The fourth-order valence-electron chi connectivity index (χ4n) is 4.69. The van der Waals surface area contributed by atoms with Gasteiger partial charge in [-0.1, -0.05) is 0 Å². The second-order valence-electron chi connectivity index (χ2n) is 9.41. The third kappa shape index (κ3) is 5.00. The molecule has 1 aromatic carbocycles. The fraction of sp³-hybridized carbons (Fsp3) is 0.462. The van der Waals surface area contributed by atoms with Crippen molar-refractivity contribution >= 4 is 29.3 Å². The summed E-state index contributed by atoms with van der Waals surface area (Å²) >= 11 is 0. The van der Waals surface area contributed by atoms with Gasteiger partial charge in [-0.2, -0.15) is 0 Å². The van der Waals surface area contributed by atoms with Crippen molar-refractivity contribution in [3.8, 4) is 22.6 Å². The van der Waals surface area contributed by atoms with E-state index in [1.807, 2.05) is 31.2 Å². The molecular weight excluding hydrogens is 452 g/mol. The quantitative estimate of drug-likeness (QED) is 0.448. The third-order valence-electron chi connectivity index (χ3n) is 6.86. The minimum absolute atomic E-state index is 0. The number of ether oxygens (including phenoxy) is 2.